The molecule has 1 aliphatic carbocycles. The van der Waals surface area contributed by atoms with Crippen LogP contribution in [0.5, 0.6) is 11.5 Å². The highest BCUT2D eigenvalue weighted by atomic mass is 16.7. The molecule has 0 radical (unpaired) electrons. The molecule has 0 aromatic heterocycles. The highest BCUT2D eigenvalue weighted by molar-refractivity contribution is 5.96. The largest absolute Gasteiger partial charge is 0.454 e. The second kappa shape index (κ2) is 9.66. The van der Waals surface area contributed by atoms with E-state index in [1.807, 2.05) is 13.0 Å². The zero-order valence-corrected chi connectivity index (χ0v) is 17.8. The Morgan fingerprint density at radius 3 is 2.57 bits per heavy atom. The molecule has 1 aromatic carbocycles. The number of imide groups is 1. The van der Waals surface area contributed by atoms with E-state index in [1.54, 1.807) is 0 Å². The molecule has 0 bridgehead atoms. The Hall–Kier alpha value is -2.32. The number of hydrogen-bond acceptors (Lipinski definition) is 4. The van der Waals surface area contributed by atoms with Crippen molar-refractivity contribution in [3.05, 3.63) is 23.8 Å². The van der Waals surface area contributed by atoms with Crippen LogP contribution in [0.25, 0.3) is 0 Å². The highest BCUT2D eigenvalue weighted by Gasteiger charge is 2.32. The number of benzene rings is 1. The molecular weight excluding hydrogens is 384 g/mol. The number of hydrogen-bond donors (Lipinski definition) is 4. The first-order valence-corrected chi connectivity index (χ1v) is 11.3. The predicted octanol–water partition coefficient (Wildman–Crippen LogP) is -0.754. The predicted molar refractivity (Wildman–Crippen MR) is 111 cm³/mol. The average Bonchev–Trinajstić information content (AvgIpc) is 3.22. The van der Waals surface area contributed by atoms with Gasteiger partial charge in [0.15, 0.2) is 17.5 Å². The zero-order valence-electron chi connectivity index (χ0n) is 17.8. The number of carbonyl (C=O) groups is 2. The first-order valence-electron chi connectivity index (χ1n) is 11.3. The van der Waals surface area contributed by atoms with Crippen molar-refractivity contribution in [3.63, 3.8) is 0 Å². The van der Waals surface area contributed by atoms with Crippen LogP contribution in [-0.4, -0.2) is 57.0 Å². The van der Waals surface area contributed by atoms with E-state index in [-0.39, 0.29) is 24.0 Å². The van der Waals surface area contributed by atoms with Crippen molar-refractivity contribution in [1.29, 1.82) is 0 Å². The Balaban J connectivity index is 1.20. The first-order chi connectivity index (χ1) is 14.6. The lowest BCUT2D eigenvalue weighted by molar-refractivity contribution is -1.02. The van der Waals surface area contributed by atoms with E-state index in [2.05, 4.69) is 22.8 Å². The normalized spacial score (nSPS) is 24.8. The summed E-state index contributed by atoms with van der Waals surface area (Å²) in [5.74, 6) is 1.46. The molecule has 30 heavy (non-hydrogen) atoms. The number of rotatable bonds is 5. The molecule has 1 saturated carbocycles. The van der Waals surface area contributed by atoms with E-state index in [4.69, 9.17) is 9.47 Å². The second-order valence-electron chi connectivity index (χ2n) is 8.79. The lowest BCUT2D eigenvalue weighted by Crippen LogP contribution is -3.29. The summed E-state index contributed by atoms with van der Waals surface area (Å²) in [5, 5.41) is 5.51. The summed E-state index contributed by atoms with van der Waals surface area (Å²) in [6.07, 6.45) is 5.56. The molecule has 2 fully saturated rings. The average molecular weight is 419 g/mol. The summed E-state index contributed by atoms with van der Waals surface area (Å²) in [5.41, 5.74) is 1.24. The van der Waals surface area contributed by atoms with Gasteiger partial charge >= 0.3 is 6.03 Å². The maximum Gasteiger partial charge on any atom is 0.321 e. The number of carbonyl (C=O) groups excluding carboxylic acids is 2. The van der Waals surface area contributed by atoms with E-state index < -0.39 is 0 Å². The lowest BCUT2D eigenvalue weighted by Gasteiger charge is -2.32. The minimum absolute atomic E-state index is 0.183. The van der Waals surface area contributed by atoms with Crippen LogP contribution < -0.4 is 29.9 Å². The smallest absolute Gasteiger partial charge is 0.321 e. The van der Waals surface area contributed by atoms with Gasteiger partial charge < -0.3 is 24.6 Å². The summed E-state index contributed by atoms with van der Waals surface area (Å²) < 4.78 is 10.8. The molecule has 8 heteroatoms. The van der Waals surface area contributed by atoms with Crippen molar-refractivity contribution in [3.8, 4) is 11.5 Å². The number of ether oxygens (including phenoxy) is 2. The van der Waals surface area contributed by atoms with Gasteiger partial charge in [0, 0.05) is 11.6 Å². The van der Waals surface area contributed by atoms with Crippen LogP contribution in [0.3, 0.4) is 0 Å². The third-order valence-electron chi connectivity index (χ3n) is 6.67. The minimum Gasteiger partial charge on any atom is -0.454 e. The van der Waals surface area contributed by atoms with Crippen LogP contribution in [0.4, 0.5) is 4.79 Å². The Morgan fingerprint density at radius 1 is 1.07 bits per heavy atom. The maximum atomic E-state index is 12.5. The molecule has 4 rings (SSSR count). The number of piperazine rings is 1. The number of fused-ring (bicyclic) bond motifs is 1. The first kappa shape index (κ1) is 20.9. The Kier molecular flexibility index (Phi) is 6.74. The molecular formula is C22H34N4O4+2. The van der Waals surface area contributed by atoms with Crippen LogP contribution in [0.15, 0.2) is 18.2 Å². The summed E-state index contributed by atoms with van der Waals surface area (Å²) in [6.45, 7) is 6.98. The molecule has 4 N–H and O–H groups in total. The van der Waals surface area contributed by atoms with Crippen LogP contribution in [0.1, 0.15) is 44.6 Å². The van der Waals surface area contributed by atoms with Gasteiger partial charge in [0.25, 0.3) is 5.91 Å². The summed E-state index contributed by atoms with van der Waals surface area (Å²) in [6, 6.07) is 5.77. The molecule has 3 aliphatic rings. The third kappa shape index (κ3) is 5.23. The number of urea groups is 1. The SMILES string of the molecule is C[C@@H](C(=O)NC(=O)NC1CCCCC1)[NH+]1CC[NH+](Cc2ccc3c(c2)OCO3)CC1. The molecule has 3 amide bonds. The van der Waals surface area contributed by atoms with Crippen molar-refractivity contribution in [2.75, 3.05) is 33.0 Å². The van der Waals surface area contributed by atoms with Gasteiger partial charge in [-0.2, -0.15) is 0 Å². The van der Waals surface area contributed by atoms with Gasteiger partial charge in [0.05, 0.1) is 0 Å². The van der Waals surface area contributed by atoms with Crippen molar-refractivity contribution in [2.45, 2.75) is 57.7 Å². The van der Waals surface area contributed by atoms with Crippen LogP contribution in [0, 0.1) is 0 Å². The molecule has 8 nitrogen and oxygen atoms in total. The molecule has 0 unspecified atom stereocenters. The van der Waals surface area contributed by atoms with E-state index >= 15 is 0 Å². The molecule has 164 valence electrons. The summed E-state index contributed by atoms with van der Waals surface area (Å²) in [7, 11) is 0. The Morgan fingerprint density at radius 2 is 1.80 bits per heavy atom. The number of amides is 3. The summed E-state index contributed by atoms with van der Waals surface area (Å²) in [4.78, 5) is 27.5. The summed E-state index contributed by atoms with van der Waals surface area (Å²) >= 11 is 0. The van der Waals surface area contributed by atoms with Gasteiger partial charge in [-0.05, 0) is 38.0 Å². The van der Waals surface area contributed by atoms with E-state index in [0.717, 1.165) is 69.9 Å². The van der Waals surface area contributed by atoms with Gasteiger partial charge in [0.2, 0.25) is 6.79 Å². The van der Waals surface area contributed by atoms with Gasteiger partial charge in [-0.1, -0.05) is 19.3 Å². The zero-order chi connectivity index (χ0) is 20.9. The van der Waals surface area contributed by atoms with Crippen molar-refractivity contribution in [1.82, 2.24) is 10.6 Å². The lowest BCUT2D eigenvalue weighted by atomic mass is 9.96. The van der Waals surface area contributed by atoms with Crippen molar-refractivity contribution in [2.24, 2.45) is 0 Å². The maximum absolute atomic E-state index is 12.5. The minimum atomic E-state index is -0.342. The topological polar surface area (TPSA) is 85.5 Å². The highest BCUT2D eigenvalue weighted by Crippen LogP contribution is 2.32. The van der Waals surface area contributed by atoms with Gasteiger partial charge in [0.1, 0.15) is 32.7 Å². The van der Waals surface area contributed by atoms with Gasteiger partial charge in [-0.3, -0.25) is 10.1 Å². The fraction of sp³-hybridized carbons (Fsp3) is 0.636. The molecule has 0 spiro atoms. The quantitative estimate of drug-likeness (QED) is 0.507. The molecule has 1 atom stereocenters. The van der Waals surface area contributed by atoms with E-state index in [9.17, 15) is 9.59 Å². The van der Waals surface area contributed by atoms with Crippen LogP contribution in [0.2, 0.25) is 0 Å². The monoisotopic (exact) mass is 418 g/mol. The molecule has 1 saturated heterocycles. The van der Waals surface area contributed by atoms with Crippen molar-refractivity contribution >= 4 is 11.9 Å². The fourth-order valence-corrected chi connectivity index (χ4v) is 4.75. The van der Waals surface area contributed by atoms with Crippen LogP contribution >= 0.6 is 0 Å². The van der Waals surface area contributed by atoms with Gasteiger partial charge in [-0.25, -0.2) is 4.79 Å². The molecule has 2 heterocycles. The number of quaternary nitrogens is 2. The van der Waals surface area contributed by atoms with Crippen molar-refractivity contribution < 1.29 is 28.9 Å². The Bertz CT molecular complexity index is 758. The van der Waals surface area contributed by atoms with Gasteiger partial charge in [-0.15, -0.1) is 0 Å². The number of nitrogens with one attached hydrogen (secondary N) is 4. The standard InChI is InChI=1S/C22H32N4O4/c1-16(21(27)24-22(28)23-18-5-3-2-4-6-18)26-11-9-25(10-12-26)14-17-7-8-19-20(13-17)30-15-29-19/h7-8,13,16,18H,2-6,9-12,14-15H2,1H3,(H2,23,24,27,28)/p+2/t16-/m0/s1. The van der Waals surface area contributed by atoms with E-state index in [1.165, 1.54) is 21.8 Å². The van der Waals surface area contributed by atoms with Crippen LogP contribution in [-0.2, 0) is 11.3 Å². The van der Waals surface area contributed by atoms with E-state index in [0.29, 0.717) is 6.79 Å². The molecule has 2 aliphatic heterocycles. The Labute approximate surface area is 177 Å². The third-order valence-corrected chi connectivity index (χ3v) is 6.67. The second-order valence-corrected chi connectivity index (χ2v) is 8.79. The molecule has 1 aromatic rings. The fourth-order valence-electron chi connectivity index (χ4n) is 4.75.